The van der Waals surface area contributed by atoms with Crippen molar-refractivity contribution in [1.82, 2.24) is 5.32 Å². The third kappa shape index (κ3) is 4.63. The molecule has 1 fully saturated rings. The molecule has 17 heavy (non-hydrogen) atoms. The minimum absolute atomic E-state index is 0.125. The fourth-order valence-electron chi connectivity index (χ4n) is 2.10. The fraction of sp³-hybridized carbons (Fsp3) is 0.909. The molecule has 6 heteroatoms. The Morgan fingerprint density at radius 1 is 1.53 bits per heavy atom. The molecule has 0 aromatic heterocycles. The van der Waals surface area contributed by atoms with Crippen LogP contribution in [0.15, 0.2) is 0 Å². The number of hydrogen-bond donors (Lipinski definition) is 2. The molecule has 1 heterocycles. The minimum Gasteiger partial charge on any atom is -0.355 e. The van der Waals surface area contributed by atoms with E-state index in [4.69, 9.17) is 5.73 Å². The third-order valence-electron chi connectivity index (χ3n) is 3.10. The lowest BCUT2D eigenvalue weighted by Crippen LogP contribution is -2.37. The van der Waals surface area contributed by atoms with Gasteiger partial charge in [-0.25, -0.2) is 8.42 Å². The first-order valence-electron chi connectivity index (χ1n) is 6.19. The molecule has 1 amide bonds. The molecule has 0 aromatic rings. The highest BCUT2D eigenvalue weighted by Gasteiger charge is 2.31. The molecule has 1 aliphatic heterocycles. The van der Waals surface area contributed by atoms with Crippen molar-refractivity contribution in [2.45, 2.75) is 50.3 Å². The van der Waals surface area contributed by atoms with Crippen molar-refractivity contribution in [2.75, 3.05) is 12.3 Å². The average molecular weight is 262 g/mol. The van der Waals surface area contributed by atoms with Gasteiger partial charge in [0.05, 0.1) is 11.0 Å². The molecule has 0 aromatic carbocycles. The van der Waals surface area contributed by atoms with E-state index in [1.165, 1.54) is 0 Å². The molecule has 5 nitrogen and oxygen atoms in total. The van der Waals surface area contributed by atoms with Gasteiger partial charge in [-0.15, -0.1) is 0 Å². The van der Waals surface area contributed by atoms with Gasteiger partial charge in [0.25, 0.3) is 0 Å². The third-order valence-corrected chi connectivity index (χ3v) is 5.37. The molecule has 0 saturated carbocycles. The second-order valence-electron chi connectivity index (χ2n) is 4.69. The number of hydrogen-bond acceptors (Lipinski definition) is 4. The highest BCUT2D eigenvalue weighted by molar-refractivity contribution is 7.92. The summed E-state index contributed by atoms with van der Waals surface area (Å²) in [5.41, 5.74) is 5.74. The Kier molecular flexibility index (Phi) is 5.39. The number of amides is 1. The van der Waals surface area contributed by atoms with E-state index in [9.17, 15) is 13.2 Å². The van der Waals surface area contributed by atoms with Crippen molar-refractivity contribution in [1.29, 1.82) is 0 Å². The van der Waals surface area contributed by atoms with Crippen LogP contribution in [0.5, 0.6) is 0 Å². The number of nitrogens with one attached hydrogen (secondary N) is 1. The fourth-order valence-corrected chi connectivity index (χ4v) is 3.86. The summed E-state index contributed by atoms with van der Waals surface area (Å²) in [6.07, 6.45) is 3.41. The Hall–Kier alpha value is -0.620. The molecule has 0 spiro atoms. The van der Waals surface area contributed by atoms with Gasteiger partial charge < -0.3 is 11.1 Å². The van der Waals surface area contributed by atoms with E-state index < -0.39 is 15.1 Å². The van der Waals surface area contributed by atoms with Crippen LogP contribution in [0.25, 0.3) is 0 Å². The van der Waals surface area contributed by atoms with E-state index in [2.05, 4.69) is 5.32 Å². The van der Waals surface area contributed by atoms with Crippen molar-refractivity contribution >= 4 is 15.7 Å². The Bertz CT molecular complexity index is 354. The maximum absolute atomic E-state index is 11.5. The van der Waals surface area contributed by atoms with E-state index in [-0.39, 0.29) is 30.7 Å². The van der Waals surface area contributed by atoms with E-state index in [0.717, 1.165) is 12.8 Å². The molecule has 100 valence electrons. The van der Waals surface area contributed by atoms with Gasteiger partial charge in [0.15, 0.2) is 9.84 Å². The lowest BCUT2D eigenvalue weighted by molar-refractivity contribution is -0.121. The molecule has 1 aliphatic rings. The molecule has 1 saturated heterocycles. The van der Waals surface area contributed by atoms with Gasteiger partial charge in [0, 0.05) is 19.0 Å². The van der Waals surface area contributed by atoms with Crippen LogP contribution in [0, 0.1) is 0 Å². The second-order valence-corrected chi connectivity index (χ2v) is 7.09. The summed E-state index contributed by atoms with van der Waals surface area (Å²) in [6.45, 7) is 2.25. The Labute approximate surface area is 103 Å². The Morgan fingerprint density at radius 3 is 2.76 bits per heavy atom. The topological polar surface area (TPSA) is 89.3 Å². The predicted octanol–water partition coefficient (Wildman–Crippen LogP) is 0.197. The summed E-state index contributed by atoms with van der Waals surface area (Å²) in [6, 6.07) is -0.125. The first-order valence-corrected chi connectivity index (χ1v) is 7.91. The molecular formula is C11H22N2O3S. The van der Waals surface area contributed by atoms with E-state index in [0.29, 0.717) is 12.8 Å². The molecular weight excluding hydrogens is 240 g/mol. The largest absolute Gasteiger partial charge is 0.355 e. The summed E-state index contributed by atoms with van der Waals surface area (Å²) in [4.78, 5) is 11.5. The molecule has 3 N–H and O–H groups in total. The van der Waals surface area contributed by atoms with Crippen LogP contribution in [-0.4, -0.2) is 37.9 Å². The van der Waals surface area contributed by atoms with E-state index in [1.54, 1.807) is 0 Å². The highest BCUT2D eigenvalue weighted by Crippen LogP contribution is 2.19. The maximum Gasteiger partial charge on any atom is 0.221 e. The summed E-state index contributed by atoms with van der Waals surface area (Å²) in [7, 11) is -2.97. The Balaban J connectivity index is 2.29. The van der Waals surface area contributed by atoms with Crippen molar-refractivity contribution in [3.63, 3.8) is 0 Å². The molecule has 0 bridgehead atoms. The zero-order valence-corrected chi connectivity index (χ0v) is 11.1. The summed E-state index contributed by atoms with van der Waals surface area (Å²) in [5.74, 6) is 0.108. The smallest absolute Gasteiger partial charge is 0.221 e. The van der Waals surface area contributed by atoms with Crippen LogP contribution in [0.4, 0.5) is 0 Å². The maximum atomic E-state index is 11.5. The Morgan fingerprint density at radius 2 is 2.24 bits per heavy atom. The van der Waals surface area contributed by atoms with Crippen molar-refractivity contribution in [3.05, 3.63) is 0 Å². The zero-order valence-electron chi connectivity index (χ0n) is 10.3. The standard InChI is InChI=1S/C11H22N2O3S/c1-2-4-9(12)7-11(14)13-8-10-5-3-6-17(10,15)16/h9-10H,2-8,12H2,1H3,(H,13,14). The van der Waals surface area contributed by atoms with Gasteiger partial charge >= 0.3 is 0 Å². The quantitative estimate of drug-likeness (QED) is 0.715. The minimum atomic E-state index is -2.97. The van der Waals surface area contributed by atoms with Gasteiger partial charge in [-0.2, -0.15) is 0 Å². The van der Waals surface area contributed by atoms with Crippen molar-refractivity contribution < 1.29 is 13.2 Å². The average Bonchev–Trinajstić information content (AvgIpc) is 2.55. The van der Waals surface area contributed by atoms with Crippen molar-refractivity contribution in [2.24, 2.45) is 5.73 Å². The van der Waals surface area contributed by atoms with Gasteiger partial charge in [-0.05, 0) is 19.3 Å². The monoisotopic (exact) mass is 262 g/mol. The van der Waals surface area contributed by atoms with Crippen LogP contribution in [-0.2, 0) is 14.6 Å². The van der Waals surface area contributed by atoms with Crippen molar-refractivity contribution in [3.8, 4) is 0 Å². The van der Waals surface area contributed by atoms with E-state index >= 15 is 0 Å². The van der Waals surface area contributed by atoms with Gasteiger partial charge in [-0.1, -0.05) is 13.3 Å². The van der Waals surface area contributed by atoms with Gasteiger partial charge in [-0.3, -0.25) is 4.79 Å². The first-order chi connectivity index (χ1) is 7.95. The molecule has 2 atom stereocenters. The lowest BCUT2D eigenvalue weighted by atomic mass is 10.1. The summed E-state index contributed by atoms with van der Waals surface area (Å²) < 4.78 is 23.0. The normalized spacial score (nSPS) is 24.5. The van der Waals surface area contributed by atoms with Crippen LogP contribution >= 0.6 is 0 Å². The number of carbonyl (C=O) groups is 1. The first kappa shape index (κ1) is 14.4. The van der Waals surface area contributed by atoms with Gasteiger partial charge in [0.2, 0.25) is 5.91 Å². The van der Waals surface area contributed by atoms with Crippen LogP contribution in [0.3, 0.4) is 0 Å². The summed E-state index contributed by atoms with van der Waals surface area (Å²) >= 11 is 0. The van der Waals surface area contributed by atoms with Crippen LogP contribution < -0.4 is 11.1 Å². The van der Waals surface area contributed by atoms with Crippen LogP contribution in [0.2, 0.25) is 0 Å². The summed E-state index contributed by atoms with van der Waals surface area (Å²) in [5, 5.41) is 2.28. The molecule has 1 rings (SSSR count). The number of sulfone groups is 1. The highest BCUT2D eigenvalue weighted by atomic mass is 32.2. The molecule has 0 aliphatic carbocycles. The lowest BCUT2D eigenvalue weighted by Gasteiger charge is -2.13. The SMILES string of the molecule is CCCC(N)CC(=O)NCC1CCCS1(=O)=O. The van der Waals surface area contributed by atoms with Gasteiger partial charge in [0.1, 0.15) is 0 Å². The predicted molar refractivity (Wildman–Crippen MR) is 67.3 cm³/mol. The zero-order chi connectivity index (χ0) is 12.9. The second kappa shape index (κ2) is 6.35. The number of carbonyl (C=O) groups excluding carboxylic acids is 1. The van der Waals surface area contributed by atoms with Crippen LogP contribution in [0.1, 0.15) is 39.0 Å². The number of nitrogens with two attached hydrogens (primary N) is 1. The molecule has 2 unspecified atom stereocenters. The number of rotatable bonds is 6. The van der Waals surface area contributed by atoms with E-state index in [1.807, 2.05) is 6.92 Å². The molecule has 0 radical (unpaired) electrons.